The van der Waals surface area contributed by atoms with Gasteiger partial charge in [-0.2, -0.15) is 5.10 Å². The zero-order chi connectivity index (χ0) is 10.5. The van der Waals surface area contributed by atoms with E-state index in [0.717, 1.165) is 12.4 Å². The smallest absolute Gasteiger partial charge is 0.158 e. The summed E-state index contributed by atoms with van der Waals surface area (Å²) in [6.07, 6.45) is 1.63. The Balaban J connectivity index is 2.25. The number of fused-ring (bicyclic) bond motifs is 2. The van der Waals surface area contributed by atoms with Crippen molar-refractivity contribution in [1.29, 1.82) is 0 Å². The SMILES string of the molecule is c1cc2c3c(cccc3c1)-c1ncnn1C2. The number of hydrogen-bond donors (Lipinski definition) is 0. The van der Waals surface area contributed by atoms with E-state index in [0.29, 0.717) is 0 Å². The molecule has 0 saturated heterocycles. The van der Waals surface area contributed by atoms with E-state index in [4.69, 9.17) is 0 Å². The molecule has 0 atom stereocenters. The Labute approximate surface area is 92.4 Å². The van der Waals surface area contributed by atoms with Gasteiger partial charge in [-0.05, 0) is 16.3 Å². The van der Waals surface area contributed by atoms with Crippen LogP contribution in [0.2, 0.25) is 0 Å². The molecule has 1 aliphatic heterocycles. The van der Waals surface area contributed by atoms with Crippen LogP contribution in [0.25, 0.3) is 22.2 Å². The lowest BCUT2D eigenvalue weighted by Crippen LogP contribution is -2.09. The molecule has 2 heterocycles. The van der Waals surface area contributed by atoms with E-state index < -0.39 is 0 Å². The maximum Gasteiger partial charge on any atom is 0.158 e. The molecule has 0 bridgehead atoms. The summed E-state index contributed by atoms with van der Waals surface area (Å²) >= 11 is 0. The summed E-state index contributed by atoms with van der Waals surface area (Å²) in [6, 6.07) is 12.7. The van der Waals surface area contributed by atoms with Gasteiger partial charge < -0.3 is 0 Å². The van der Waals surface area contributed by atoms with Gasteiger partial charge in [-0.1, -0.05) is 36.4 Å². The first kappa shape index (κ1) is 8.05. The number of aromatic nitrogens is 3. The summed E-state index contributed by atoms with van der Waals surface area (Å²) in [5, 5.41) is 6.85. The van der Waals surface area contributed by atoms with Crippen LogP contribution in [-0.4, -0.2) is 14.8 Å². The van der Waals surface area contributed by atoms with Crippen LogP contribution >= 0.6 is 0 Å². The summed E-state index contributed by atoms with van der Waals surface area (Å²) in [5.74, 6) is 0.976. The van der Waals surface area contributed by atoms with Gasteiger partial charge >= 0.3 is 0 Å². The first-order chi connectivity index (χ1) is 7.93. The van der Waals surface area contributed by atoms with Gasteiger partial charge in [0, 0.05) is 5.56 Å². The highest BCUT2D eigenvalue weighted by molar-refractivity contribution is 5.98. The summed E-state index contributed by atoms with van der Waals surface area (Å²) in [6.45, 7) is 0.823. The van der Waals surface area contributed by atoms with Crippen molar-refractivity contribution in [3.63, 3.8) is 0 Å². The van der Waals surface area contributed by atoms with Gasteiger partial charge in [0.2, 0.25) is 0 Å². The van der Waals surface area contributed by atoms with E-state index in [2.05, 4.69) is 46.5 Å². The van der Waals surface area contributed by atoms with E-state index in [1.165, 1.54) is 21.9 Å². The fourth-order valence-electron chi connectivity index (χ4n) is 2.49. The molecule has 0 unspecified atom stereocenters. The number of hydrogen-bond acceptors (Lipinski definition) is 2. The molecule has 16 heavy (non-hydrogen) atoms. The predicted octanol–water partition coefficient (Wildman–Crippen LogP) is 2.46. The highest BCUT2D eigenvalue weighted by Gasteiger charge is 2.18. The van der Waals surface area contributed by atoms with Crippen LogP contribution < -0.4 is 0 Å². The van der Waals surface area contributed by atoms with Gasteiger partial charge in [-0.25, -0.2) is 9.67 Å². The van der Waals surface area contributed by atoms with E-state index in [-0.39, 0.29) is 0 Å². The third kappa shape index (κ3) is 0.877. The van der Waals surface area contributed by atoms with Crippen molar-refractivity contribution in [3.05, 3.63) is 48.3 Å². The van der Waals surface area contributed by atoms with Crippen LogP contribution in [0.3, 0.4) is 0 Å². The Hall–Kier alpha value is -2.16. The molecule has 3 nitrogen and oxygen atoms in total. The normalized spacial score (nSPS) is 12.8. The molecule has 76 valence electrons. The number of nitrogens with zero attached hydrogens (tertiary/aromatic N) is 3. The Morgan fingerprint density at radius 2 is 1.94 bits per heavy atom. The van der Waals surface area contributed by atoms with Gasteiger partial charge in [0.05, 0.1) is 6.54 Å². The van der Waals surface area contributed by atoms with Crippen molar-refractivity contribution in [1.82, 2.24) is 14.8 Å². The highest BCUT2D eigenvalue weighted by Crippen LogP contribution is 2.34. The molecule has 0 radical (unpaired) electrons. The lowest BCUT2D eigenvalue weighted by Gasteiger charge is -2.17. The largest absolute Gasteiger partial charge is 0.241 e. The molecule has 0 spiro atoms. The molecule has 4 rings (SSSR count). The highest BCUT2D eigenvalue weighted by atomic mass is 15.3. The minimum atomic E-state index is 0.823. The summed E-state index contributed by atoms with van der Waals surface area (Å²) < 4.78 is 1.96. The van der Waals surface area contributed by atoms with Crippen LogP contribution in [0.4, 0.5) is 0 Å². The maximum absolute atomic E-state index is 4.33. The van der Waals surface area contributed by atoms with Gasteiger partial charge in [0.25, 0.3) is 0 Å². The second-order valence-corrected chi connectivity index (χ2v) is 4.06. The average Bonchev–Trinajstić information content (AvgIpc) is 2.78. The minimum absolute atomic E-state index is 0.823. The molecule has 3 heteroatoms. The Morgan fingerprint density at radius 3 is 2.88 bits per heavy atom. The monoisotopic (exact) mass is 207 g/mol. The summed E-state index contributed by atoms with van der Waals surface area (Å²) in [5.41, 5.74) is 2.52. The maximum atomic E-state index is 4.33. The van der Waals surface area contributed by atoms with Gasteiger partial charge in [0.15, 0.2) is 5.82 Å². The molecule has 0 fully saturated rings. The lowest BCUT2D eigenvalue weighted by atomic mass is 9.96. The Kier molecular flexibility index (Phi) is 1.36. The van der Waals surface area contributed by atoms with Gasteiger partial charge in [-0.15, -0.1) is 0 Å². The molecule has 0 saturated carbocycles. The van der Waals surface area contributed by atoms with Crippen molar-refractivity contribution >= 4 is 10.8 Å². The Morgan fingerprint density at radius 1 is 1.06 bits per heavy atom. The molecular weight excluding hydrogens is 198 g/mol. The summed E-state index contributed by atoms with van der Waals surface area (Å²) in [7, 11) is 0. The standard InChI is InChI=1S/C13H9N3/c1-3-9-4-2-6-11-12(9)10(5-1)7-16-13(11)14-8-15-16/h1-6,8H,7H2. The first-order valence-corrected chi connectivity index (χ1v) is 5.32. The second-order valence-electron chi connectivity index (χ2n) is 4.06. The topological polar surface area (TPSA) is 30.7 Å². The molecule has 0 amide bonds. The third-order valence-corrected chi connectivity index (χ3v) is 3.17. The van der Waals surface area contributed by atoms with Crippen LogP contribution in [0.15, 0.2) is 42.7 Å². The fourth-order valence-corrected chi connectivity index (χ4v) is 2.49. The summed E-state index contributed by atoms with van der Waals surface area (Å²) in [4.78, 5) is 4.33. The predicted molar refractivity (Wildman–Crippen MR) is 62.1 cm³/mol. The van der Waals surface area contributed by atoms with Crippen LogP contribution in [0, 0.1) is 0 Å². The molecule has 0 aliphatic carbocycles. The zero-order valence-corrected chi connectivity index (χ0v) is 8.59. The van der Waals surface area contributed by atoms with Gasteiger partial charge in [-0.3, -0.25) is 0 Å². The number of rotatable bonds is 0. The fraction of sp³-hybridized carbons (Fsp3) is 0.0769. The second kappa shape index (κ2) is 2.70. The minimum Gasteiger partial charge on any atom is -0.241 e. The van der Waals surface area contributed by atoms with E-state index >= 15 is 0 Å². The molecule has 3 aromatic rings. The van der Waals surface area contributed by atoms with Crippen molar-refractivity contribution in [2.24, 2.45) is 0 Å². The van der Waals surface area contributed by atoms with E-state index in [1.807, 2.05) is 4.68 Å². The molecular formula is C13H9N3. The van der Waals surface area contributed by atoms with Crippen molar-refractivity contribution in [2.75, 3.05) is 0 Å². The van der Waals surface area contributed by atoms with Crippen LogP contribution in [-0.2, 0) is 6.54 Å². The zero-order valence-electron chi connectivity index (χ0n) is 8.59. The van der Waals surface area contributed by atoms with Crippen LogP contribution in [0.1, 0.15) is 5.56 Å². The molecule has 1 aromatic heterocycles. The van der Waals surface area contributed by atoms with E-state index in [1.54, 1.807) is 6.33 Å². The first-order valence-electron chi connectivity index (χ1n) is 5.32. The molecule has 0 N–H and O–H groups in total. The van der Waals surface area contributed by atoms with Crippen molar-refractivity contribution < 1.29 is 0 Å². The lowest BCUT2D eigenvalue weighted by molar-refractivity contribution is 0.690. The van der Waals surface area contributed by atoms with Crippen LogP contribution in [0.5, 0.6) is 0 Å². The van der Waals surface area contributed by atoms with E-state index in [9.17, 15) is 0 Å². The third-order valence-electron chi connectivity index (χ3n) is 3.17. The number of benzene rings is 2. The average molecular weight is 207 g/mol. The molecule has 2 aromatic carbocycles. The molecule has 1 aliphatic rings. The van der Waals surface area contributed by atoms with Gasteiger partial charge in [0.1, 0.15) is 6.33 Å². The quantitative estimate of drug-likeness (QED) is 0.443. The van der Waals surface area contributed by atoms with Crippen molar-refractivity contribution in [2.45, 2.75) is 6.54 Å². The van der Waals surface area contributed by atoms with Crippen molar-refractivity contribution in [3.8, 4) is 11.4 Å². The Bertz CT molecular complexity index is 692.